The monoisotopic (exact) mass is 392 g/mol. The number of carbonyl (C=O) groups is 1. The van der Waals surface area contributed by atoms with Crippen LogP contribution in [0, 0.1) is 5.41 Å². The van der Waals surface area contributed by atoms with Crippen LogP contribution in [0.5, 0.6) is 0 Å². The van der Waals surface area contributed by atoms with Crippen molar-refractivity contribution in [1.82, 2.24) is 14.3 Å². The van der Waals surface area contributed by atoms with Gasteiger partial charge in [0.05, 0.1) is 0 Å². The van der Waals surface area contributed by atoms with Crippen LogP contribution in [0.3, 0.4) is 0 Å². The Morgan fingerprint density at radius 1 is 1.27 bits per heavy atom. The third-order valence-corrected chi connectivity index (χ3v) is 5.60. The fourth-order valence-electron chi connectivity index (χ4n) is 3.09. The molecule has 1 fully saturated rings. The van der Waals surface area contributed by atoms with Crippen LogP contribution in [0.1, 0.15) is 39.1 Å². The van der Waals surface area contributed by atoms with E-state index in [1.54, 1.807) is 0 Å². The molecule has 1 aromatic heterocycles. The first-order valence-electron chi connectivity index (χ1n) is 8.87. The number of benzene rings is 1. The average Bonchev–Trinajstić information content (AvgIpc) is 3.04. The number of nitrogens with zero attached hydrogens (tertiary/aromatic N) is 4. The second-order valence-electron chi connectivity index (χ2n) is 7.84. The summed E-state index contributed by atoms with van der Waals surface area (Å²) < 4.78 is 4.50. The summed E-state index contributed by atoms with van der Waals surface area (Å²) in [7, 11) is 0. The van der Waals surface area contributed by atoms with Crippen LogP contribution in [0.2, 0.25) is 5.02 Å². The van der Waals surface area contributed by atoms with E-state index in [4.69, 9.17) is 16.6 Å². The van der Waals surface area contributed by atoms with Gasteiger partial charge in [0, 0.05) is 54.1 Å². The number of rotatable bonds is 3. The fourth-order valence-corrected chi connectivity index (χ4v) is 3.94. The van der Waals surface area contributed by atoms with Crippen LogP contribution >= 0.6 is 23.1 Å². The van der Waals surface area contributed by atoms with E-state index in [2.05, 4.69) is 16.2 Å². The molecule has 1 amide bonds. The lowest BCUT2D eigenvalue weighted by molar-refractivity contribution is -0.142. The molecule has 0 radical (unpaired) electrons. The highest BCUT2D eigenvalue weighted by Gasteiger charge is 2.34. The van der Waals surface area contributed by atoms with Gasteiger partial charge >= 0.3 is 0 Å². The Balaban J connectivity index is 1.64. The molecule has 0 aliphatic carbocycles. The van der Waals surface area contributed by atoms with Gasteiger partial charge in [-0.25, -0.2) is 4.98 Å². The van der Waals surface area contributed by atoms with E-state index in [1.165, 1.54) is 11.5 Å². The molecule has 0 saturated carbocycles. The quantitative estimate of drug-likeness (QED) is 0.795. The van der Waals surface area contributed by atoms with Gasteiger partial charge in [0.2, 0.25) is 11.0 Å². The van der Waals surface area contributed by atoms with Crippen molar-refractivity contribution in [2.24, 2.45) is 5.41 Å². The molecular formula is C19H25ClN4OS. The number of hydrogen-bond acceptors (Lipinski definition) is 5. The van der Waals surface area contributed by atoms with E-state index >= 15 is 0 Å². The number of carbonyl (C=O) groups excluding carboxylic acids is 1. The molecule has 1 aliphatic rings. The molecule has 2 heterocycles. The summed E-state index contributed by atoms with van der Waals surface area (Å²) in [4.78, 5) is 21.5. The van der Waals surface area contributed by atoms with Crippen molar-refractivity contribution in [2.75, 3.05) is 24.5 Å². The van der Waals surface area contributed by atoms with E-state index in [0.29, 0.717) is 6.42 Å². The van der Waals surface area contributed by atoms with E-state index in [1.807, 2.05) is 49.9 Å². The van der Waals surface area contributed by atoms with Gasteiger partial charge in [0.15, 0.2) is 0 Å². The van der Waals surface area contributed by atoms with Crippen LogP contribution in [0.15, 0.2) is 24.3 Å². The van der Waals surface area contributed by atoms with Gasteiger partial charge in [0.1, 0.15) is 5.82 Å². The molecule has 140 valence electrons. The predicted octanol–water partition coefficient (Wildman–Crippen LogP) is 3.87. The number of hydrogen-bond donors (Lipinski definition) is 0. The maximum absolute atomic E-state index is 12.6. The van der Waals surface area contributed by atoms with Gasteiger partial charge < -0.3 is 9.80 Å². The van der Waals surface area contributed by atoms with Gasteiger partial charge in [-0.3, -0.25) is 4.79 Å². The zero-order valence-corrected chi connectivity index (χ0v) is 17.3. The summed E-state index contributed by atoms with van der Waals surface area (Å²) in [6.07, 6.45) is 0.700. The number of aromatic nitrogens is 2. The van der Waals surface area contributed by atoms with Crippen LogP contribution in [0.4, 0.5) is 5.13 Å². The van der Waals surface area contributed by atoms with Crippen molar-refractivity contribution in [1.29, 1.82) is 0 Å². The van der Waals surface area contributed by atoms with Crippen LogP contribution in [0.25, 0.3) is 0 Å². The number of halogens is 1. The van der Waals surface area contributed by atoms with E-state index < -0.39 is 0 Å². The number of anilines is 1. The largest absolute Gasteiger partial charge is 0.343 e. The van der Waals surface area contributed by atoms with Gasteiger partial charge in [0.25, 0.3) is 0 Å². The molecule has 2 aromatic rings. The first-order valence-corrected chi connectivity index (χ1v) is 10.0. The van der Waals surface area contributed by atoms with Crippen molar-refractivity contribution >= 4 is 34.2 Å². The molecule has 1 aliphatic heterocycles. The molecule has 7 heteroatoms. The standard InChI is InChI=1S/C19H25ClN4OS/c1-13-12-23(9-10-24(13)17(25)19(2,3)4)18-21-16(22-26-18)11-14-5-7-15(20)8-6-14/h5-8,13H,9-12H2,1-4H3/t13-/m0/s1. The Kier molecular flexibility index (Phi) is 5.53. The van der Waals surface area contributed by atoms with Crippen LogP contribution in [-0.2, 0) is 11.2 Å². The van der Waals surface area contributed by atoms with Crippen LogP contribution < -0.4 is 4.90 Å². The second-order valence-corrected chi connectivity index (χ2v) is 9.01. The number of amides is 1. The molecule has 26 heavy (non-hydrogen) atoms. The van der Waals surface area contributed by atoms with E-state index in [-0.39, 0.29) is 17.4 Å². The molecule has 5 nitrogen and oxygen atoms in total. The summed E-state index contributed by atoms with van der Waals surface area (Å²) >= 11 is 7.36. The van der Waals surface area contributed by atoms with E-state index in [0.717, 1.165) is 41.2 Å². The molecule has 0 unspecified atom stereocenters. The first-order chi connectivity index (χ1) is 12.2. The SMILES string of the molecule is C[C@H]1CN(c2nc(Cc3ccc(Cl)cc3)ns2)CCN1C(=O)C(C)(C)C. The molecule has 0 bridgehead atoms. The minimum absolute atomic E-state index is 0.166. The van der Waals surface area contributed by atoms with Gasteiger partial charge in [-0.1, -0.05) is 44.5 Å². The topological polar surface area (TPSA) is 49.3 Å². The Morgan fingerprint density at radius 3 is 2.58 bits per heavy atom. The normalized spacial score (nSPS) is 18.3. The third-order valence-electron chi connectivity index (χ3n) is 4.53. The molecule has 1 saturated heterocycles. The summed E-state index contributed by atoms with van der Waals surface area (Å²) in [5.74, 6) is 1.04. The zero-order chi connectivity index (χ0) is 18.9. The maximum atomic E-state index is 12.6. The molecule has 3 rings (SSSR count). The van der Waals surface area contributed by atoms with Crippen molar-refractivity contribution in [3.8, 4) is 0 Å². The minimum Gasteiger partial charge on any atom is -0.343 e. The van der Waals surface area contributed by atoms with Gasteiger partial charge in [-0.05, 0) is 24.6 Å². The highest BCUT2D eigenvalue weighted by molar-refractivity contribution is 7.09. The van der Waals surface area contributed by atoms with Gasteiger partial charge in [-0.15, -0.1) is 0 Å². The molecule has 1 atom stereocenters. The minimum atomic E-state index is -0.342. The first kappa shape index (κ1) is 19.1. The van der Waals surface area contributed by atoms with E-state index in [9.17, 15) is 4.79 Å². The lowest BCUT2D eigenvalue weighted by Crippen LogP contribution is -2.56. The molecule has 0 N–H and O–H groups in total. The summed E-state index contributed by atoms with van der Waals surface area (Å²) in [6.45, 7) is 10.3. The molecule has 1 aromatic carbocycles. The van der Waals surface area contributed by atoms with Crippen molar-refractivity contribution in [3.05, 3.63) is 40.7 Å². The highest BCUT2D eigenvalue weighted by atomic mass is 35.5. The lowest BCUT2D eigenvalue weighted by Gasteiger charge is -2.42. The third kappa shape index (κ3) is 4.35. The summed E-state index contributed by atoms with van der Waals surface area (Å²) in [5.41, 5.74) is 0.804. The smallest absolute Gasteiger partial charge is 0.228 e. The lowest BCUT2D eigenvalue weighted by atomic mass is 9.93. The second kappa shape index (κ2) is 7.53. The van der Waals surface area contributed by atoms with Crippen LogP contribution in [-0.4, -0.2) is 45.8 Å². The predicted molar refractivity (Wildman–Crippen MR) is 107 cm³/mol. The highest BCUT2D eigenvalue weighted by Crippen LogP contribution is 2.25. The molecule has 0 spiro atoms. The van der Waals surface area contributed by atoms with Gasteiger partial charge in [-0.2, -0.15) is 4.37 Å². The Labute approximate surface area is 164 Å². The summed E-state index contributed by atoms with van der Waals surface area (Å²) in [5, 5.41) is 1.67. The zero-order valence-electron chi connectivity index (χ0n) is 15.7. The van der Waals surface area contributed by atoms with Crippen molar-refractivity contribution < 1.29 is 4.79 Å². The van der Waals surface area contributed by atoms with Crippen molar-refractivity contribution in [3.63, 3.8) is 0 Å². The number of piperazine rings is 1. The fraction of sp³-hybridized carbons (Fsp3) is 0.526. The Hall–Kier alpha value is -1.66. The van der Waals surface area contributed by atoms with Crippen molar-refractivity contribution in [2.45, 2.75) is 40.2 Å². The molecular weight excluding hydrogens is 368 g/mol. The average molecular weight is 393 g/mol. The maximum Gasteiger partial charge on any atom is 0.228 e. The summed E-state index contributed by atoms with van der Waals surface area (Å²) in [6, 6.07) is 7.94. The Morgan fingerprint density at radius 2 is 1.96 bits per heavy atom. The Bertz CT molecular complexity index is 769.